The summed E-state index contributed by atoms with van der Waals surface area (Å²) in [4.78, 5) is 25.5. The zero-order valence-electron chi connectivity index (χ0n) is 11.2. The van der Waals surface area contributed by atoms with Gasteiger partial charge in [0.05, 0.1) is 18.6 Å². The number of ether oxygens (including phenoxy) is 1. The largest absolute Gasteiger partial charge is 0.378 e. The molecule has 1 fully saturated rings. The van der Waals surface area contributed by atoms with E-state index < -0.39 is 5.41 Å². The van der Waals surface area contributed by atoms with Crippen molar-refractivity contribution < 1.29 is 14.3 Å². The fourth-order valence-corrected chi connectivity index (χ4v) is 2.42. The SMILES string of the molecule is CC(CC=O)(C(=O)N1CCOCC1)c1ccccc1. The Morgan fingerprint density at radius 2 is 1.95 bits per heavy atom. The molecule has 1 amide bonds. The topological polar surface area (TPSA) is 46.6 Å². The highest BCUT2D eigenvalue weighted by molar-refractivity contribution is 5.90. The minimum atomic E-state index is -0.777. The average Bonchev–Trinajstić information content (AvgIpc) is 2.48. The van der Waals surface area contributed by atoms with E-state index in [9.17, 15) is 9.59 Å². The second-order valence-electron chi connectivity index (χ2n) is 4.97. The number of aldehydes is 1. The first-order valence-corrected chi connectivity index (χ1v) is 6.55. The molecule has 1 heterocycles. The number of morpholine rings is 1. The number of benzene rings is 1. The summed E-state index contributed by atoms with van der Waals surface area (Å²) < 4.78 is 5.26. The highest BCUT2D eigenvalue weighted by Crippen LogP contribution is 2.29. The van der Waals surface area contributed by atoms with Gasteiger partial charge >= 0.3 is 0 Å². The van der Waals surface area contributed by atoms with Gasteiger partial charge in [-0.25, -0.2) is 0 Å². The first kappa shape index (κ1) is 13.7. The van der Waals surface area contributed by atoms with Crippen LogP contribution >= 0.6 is 0 Å². The van der Waals surface area contributed by atoms with E-state index in [0.29, 0.717) is 26.3 Å². The summed E-state index contributed by atoms with van der Waals surface area (Å²) >= 11 is 0. The minimum absolute atomic E-state index is 0.00843. The molecule has 0 aromatic heterocycles. The third-order valence-corrected chi connectivity index (χ3v) is 3.67. The number of amides is 1. The second kappa shape index (κ2) is 5.97. The fourth-order valence-electron chi connectivity index (χ4n) is 2.42. The van der Waals surface area contributed by atoms with Gasteiger partial charge in [-0.1, -0.05) is 30.3 Å². The van der Waals surface area contributed by atoms with E-state index in [2.05, 4.69) is 0 Å². The average molecular weight is 261 g/mol. The van der Waals surface area contributed by atoms with Crippen LogP contribution < -0.4 is 0 Å². The second-order valence-corrected chi connectivity index (χ2v) is 4.97. The van der Waals surface area contributed by atoms with Crippen LogP contribution in [-0.2, 0) is 19.7 Å². The molecule has 0 saturated carbocycles. The van der Waals surface area contributed by atoms with Crippen LogP contribution in [0, 0.1) is 0 Å². The third kappa shape index (κ3) is 2.84. The molecule has 1 saturated heterocycles. The summed E-state index contributed by atoms with van der Waals surface area (Å²) in [6.07, 6.45) is 1.03. The molecule has 0 spiro atoms. The lowest BCUT2D eigenvalue weighted by Crippen LogP contribution is -2.49. The lowest BCUT2D eigenvalue weighted by Gasteiger charge is -2.35. The van der Waals surface area contributed by atoms with Crippen molar-refractivity contribution in [2.45, 2.75) is 18.8 Å². The quantitative estimate of drug-likeness (QED) is 0.770. The minimum Gasteiger partial charge on any atom is -0.378 e. The van der Waals surface area contributed by atoms with Gasteiger partial charge in [0.2, 0.25) is 5.91 Å². The molecule has 19 heavy (non-hydrogen) atoms. The Balaban J connectivity index is 2.27. The molecule has 4 nitrogen and oxygen atoms in total. The van der Waals surface area contributed by atoms with Crippen LogP contribution in [0.15, 0.2) is 30.3 Å². The van der Waals surface area contributed by atoms with Gasteiger partial charge in [-0.15, -0.1) is 0 Å². The summed E-state index contributed by atoms with van der Waals surface area (Å²) in [6.45, 7) is 4.17. The van der Waals surface area contributed by atoms with Crippen molar-refractivity contribution >= 4 is 12.2 Å². The van der Waals surface area contributed by atoms with Gasteiger partial charge in [0.1, 0.15) is 6.29 Å². The molecule has 1 aromatic rings. The molecule has 0 aliphatic carbocycles. The van der Waals surface area contributed by atoms with Gasteiger partial charge in [-0.05, 0) is 12.5 Å². The van der Waals surface area contributed by atoms with Crippen LogP contribution in [0.2, 0.25) is 0 Å². The number of carbonyl (C=O) groups excluding carboxylic acids is 2. The maximum atomic E-state index is 12.7. The van der Waals surface area contributed by atoms with E-state index in [-0.39, 0.29) is 12.3 Å². The van der Waals surface area contributed by atoms with E-state index in [4.69, 9.17) is 4.74 Å². The first-order chi connectivity index (χ1) is 9.18. The smallest absolute Gasteiger partial charge is 0.233 e. The fraction of sp³-hybridized carbons (Fsp3) is 0.467. The van der Waals surface area contributed by atoms with E-state index in [1.807, 2.05) is 37.3 Å². The molecule has 1 atom stereocenters. The Kier molecular flexibility index (Phi) is 4.32. The lowest BCUT2D eigenvalue weighted by atomic mass is 9.78. The summed E-state index contributed by atoms with van der Waals surface area (Å²) in [5, 5.41) is 0. The first-order valence-electron chi connectivity index (χ1n) is 6.55. The van der Waals surface area contributed by atoms with Crippen molar-refractivity contribution in [2.24, 2.45) is 0 Å². The maximum absolute atomic E-state index is 12.7. The summed E-state index contributed by atoms with van der Waals surface area (Å²) in [5.41, 5.74) is 0.110. The molecular weight excluding hydrogens is 242 g/mol. The van der Waals surface area contributed by atoms with Gasteiger partial charge < -0.3 is 14.4 Å². The van der Waals surface area contributed by atoms with E-state index in [0.717, 1.165) is 11.8 Å². The molecule has 1 unspecified atom stereocenters. The van der Waals surface area contributed by atoms with Gasteiger partial charge in [0.15, 0.2) is 0 Å². The highest BCUT2D eigenvalue weighted by atomic mass is 16.5. The Morgan fingerprint density at radius 3 is 2.53 bits per heavy atom. The molecule has 1 aromatic carbocycles. The van der Waals surface area contributed by atoms with Gasteiger partial charge in [0.25, 0.3) is 0 Å². The number of carbonyl (C=O) groups is 2. The molecule has 0 radical (unpaired) electrons. The van der Waals surface area contributed by atoms with Crippen molar-refractivity contribution in [1.29, 1.82) is 0 Å². The third-order valence-electron chi connectivity index (χ3n) is 3.67. The molecular formula is C15H19NO3. The van der Waals surface area contributed by atoms with Crippen LogP contribution in [0.5, 0.6) is 0 Å². The number of rotatable bonds is 4. The molecule has 2 rings (SSSR count). The lowest BCUT2D eigenvalue weighted by molar-refractivity contribution is -0.142. The van der Waals surface area contributed by atoms with Crippen LogP contribution in [-0.4, -0.2) is 43.4 Å². The normalized spacial score (nSPS) is 18.7. The summed E-state index contributed by atoms with van der Waals surface area (Å²) in [5.74, 6) is 0.00843. The predicted molar refractivity (Wildman–Crippen MR) is 71.9 cm³/mol. The van der Waals surface area contributed by atoms with E-state index in [1.54, 1.807) is 4.90 Å². The monoisotopic (exact) mass is 261 g/mol. The summed E-state index contributed by atoms with van der Waals surface area (Å²) in [6, 6.07) is 9.50. The van der Waals surface area contributed by atoms with E-state index in [1.165, 1.54) is 0 Å². The Hall–Kier alpha value is -1.68. The predicted octanol–water partition coefficient (Wildman–Crippen LogP) is 1.39. The molecule has 1 aliphatic rings. The van der Waals surface area contributed by atoms with Crippen molar-refractivity contribution in [3.8, 4) is 0 Å². The summed E-state index contributed by atoms with van der Waals surface area (Å²) in [7, 11) is 0. The van der Waals surface area contributed by atoms with Crippen molar-refractivity contribution in [3.63, 3.8) is 0 Å². The molecule has 0 N–H and O–H groups in total. The molecule has 4 heteroatoms. The number of hydrogen-bond acceptors (Lipinski definition) is 3. The van der Waals surface area contributed by atoms with Crippen molar-refractivity contribution in [3.05, 3.63) is 35.9 Å². The van der Waals surface area contributed by atoms with Gasteiger partial charge in [0, 0.05) is 19.5 Å². The van der Waals surface area contributed by atoms with Crippen LogP contribution in [0.1, 0.15) is 18.9 Å². The zero-order valence-corrected chi connectivity index (χ0v) is 11.2. The van der Waals surface area contributed by atoms with Gasteiger partial charge in [-0.3, -0.25) is 4.79 Å². The Bertz CT molecular complexity index is 440. The van der Waals surface area contributed by atoms with E-state index >= 15 is 0 Å². The zero-order chi connectivity index (χ0) is 13.7. The molecule has 0 bridgehead atoms. The maximum Gasteiger partial charge on any atom is 0.233 e. The molecule has 102 valence electrons. The Morgan fingerprint density at radius 1 is 1.32 bits per heavy atom. The Labute approximate surface area is 113 Å². The van der Waals surface area contributed by atoms with Crippen LogP contribution in [0.4, 0.5) is 0 Å². The van der Waals surface area contributed by atoms with Gasteiger partial charge in [-0.2, -0.15) is 0 Å². The van der Waals surface area contributed by atoms with Crippen LogP contribution in [0.3, 0.4) is 0 Å². The standard InChI is InChI=1S/C15H19NO3/c1-15(7-10-17,13-5-3-2-4-6-13)14(18)16-8-11-19-12-9-16/h2-6,10H,7-9,11-12H2,1H3. The number of hydrogen-bond donors (Lipinski definition) is 0. The highest BCUT2D eigenvalue weighted by Gasteiger charge is 2.38. The van der Waals surface area contributed by atoms with Crippen molar-refractivity contribution in [2.75, 3.05) is 26.3 Å². The van der Waals surface area contributed by atoms with Crippen molar-refractivity contribution in [1.82, 2.24) is 4.90 Å². The van der Waals surface area contributed by atoms with Crippen LogP contribution in [0.25, 0.3) is 0 Å². The number of nitrogens with zero attached hydrogens (tertiary/aromatic N) is 1. The molecule has 1 aliphatic heterocycles.